The van der Waals surface area contributed by atoms with Gasteiger partial charge in [0.2, 0.25) is 5.91 Å². The first kappa shape index (κ1) is 15.9. The third-order valence-electron chi connectivity index (χ3n) is 3.55. The Hall–Kier alpha value is -1.49. The molecule has 1 atom stereocenters. The van der Waals surface area contributed by atoms with E-state index in [0.29, 0.717) is 11.8 Å². The summed E-state index contributed by atoms with van der Waals surface area (Å²) in [4.78, 5) is 24.0. The molecule has 0 spiro atoms. The van der Waals surface area contributed by atoms with Gasteiger partial charge in [0.25, 0.3) is 0 Å². The van der Waals surface area contributed by atoms with E-state index in [1.807, 2.05) is 37.3 Å². The molecular formula is C16H22N2O2S. The molecule has 2 rings (SSSR count). The molecule has 0 saturated heterocycles. The maximum atomic E-state index is 12.4. The van der Waals surface area contributed by atoms with E-state index in [4.69, 9.17) is 0 Å². The van der Waals surface area contributed by atoms with Crippen LogP contribution in [0.2, 0.25) is 0 Å². The first-order valence-corrected chi connectivity index (χ1v) is 8.44. The fraction of sp³-hybridized carbons (Fsp3) is 0.500. The van der Waals surface area contributed by atoms with Gasteiger partial charge in [-0.15, -0.1) is 11.8 Å². The van der Waals surface area contributed by atoms with Gasteiger partial charge < -0.3 is 5.32 Å². The van der Waals surface area contributed by atoms with Crippen molar-refractivity contribution >= 4 is 23.7 Å². The fourth-order valence-corrected chi connectivity index (χ4v) is 4.01. The standard InChI is InChI=1S/C16H22N2O2S/c1-2-17-16(20)18-15(19)14(12-8-4-3-5-9-12)21-13-10-6-7-11-13/h3-5,8-9,13-14H,2,6-7,10-11H2,1H3,(H2,17,18,19,20)/t14-/m0/s1. The molecule has 0 aromatic heterocycles. The zero-order valence-electron chi connectivity index (χ0n) is 12.3. The molecule has 1 aromatic rings. The van der Waals surface area contributed by atoms with Crippen molar-refractivity contribution in [1.82, 2.24) is 10.6 Å². The molecule has 21 heavy (non-hydrogen) atoms. The summed E-state index contributed by atoms with van der Waals surface area (Å²) in [5.41, 5.74) is 0.955. The van der Waals surface area contributed by atoms with Crippen molar-refractivity contribution in [1.29, 1.82) is 0 Å². The lowest BCUT2D eigenvalue weighted by atomic mass is 10.1. The summed E-state index contributed by atoms with van der Waals surface area (Å²) in [6.07, 6.45) is 4.78. The summed E-state index contributed by atoms with van der Waals surface area (Å²) in [7, 11) is 0. The van der Waals surface area contributed by atoms with E-state index in [0.717, 1.165) is 18.4 Å². The molecule has 0 unspecified atom stereocenters. The van der Waals surface area contributed by atoms with Gasteiger partial charge in [-0.2, -0.15) is 0 Å². The number of nitrogens with one attached hydrogen (secondary N) is 2. The molecule has 1 saturated carbocycles. The molecular weight excluding hydrogens is 284 g/mol. The first-order chi connectivity index (χ1) is 10.2. The summed E-state index contributed by atoms with van der Waals surface area (Å²) in [6, 6.07) is 9.26. The van der Waals surface area contributed by atoms with Crippen LogP contribution < -0.4 is 10.6 Å². The summed E-state index contributed by atoms with van der Waals surface area (Å²) in [5.74, 6) is -0.232. The number of hydrogen-bond donors (Lipinski definition) is 2. The zero-order chi connectivity index (χ0) is 15.1. The van der Waals surface area contributed by atoms with Crippen LogP contribution >= 0.6 is 11.8 Å². The minimum atomic E-state index is -0.421. The average Bonchev–Trinajstić information content (AvgIpc) is 2.99. The van der Waals surface area contributed by atoms with Gasteiger partial charge in [0.1, 0.15) is 5.25 Å². The Bertz CT molecular complexity index is 472. The van der Waals surface area contributed by atoms with Crippen LogP contribution in [0.5, 0.6) is 0 Å². The predicted molar refractivity (Wildman–Crippen MR) is 86.2 cm³/mol. The second-order valence-electron chi connectivity index (χ2n) is 5.18. The molecule has 3 amide bonds. The lowest BCUT2D eigenvalue weighted by molar-refractivity contribution is -0.119. The van der Waals surface area contributed by atoms with Crippen molar-refractivity contribution in [2.45, 2.75) is 43.1 Å². The van der Waals surface area contributed by atoms with E-state index >= 15 is 0 Å². The Morgan fingerprint density at radius 1 is 1.24 bits per heavy atom. The smallest absolute Gasteiger partial charge is 0.321 e. The van der Waals surface area contributed by atoms with Gasteiger partial charge in [0, 0.05) is 11.8 Å². The van der Waals surface area contributed by atoms with E-state index in [1.165, 1.54) is 12.8 Å². The van der Waals surface area contributed by atoms with Crippen molar-refractivity contribution in [2.75, 3.05) is 6.54 Å². The normalized spacial score (nSPS) is 16.4. The van der Waals surface area contributed by atoms with Crippen molar-refractivity contribution < 1.29 is 9.59 Å². The van der Waals surface area contributed by atoms with E-state index in [2.05, 4.69) is 10.6 Å². The molecule has 1 fully saturated rings. The van der Waals surface area contributed by atoms with E-state index < -0.39 is 6.03 Å². The Kier molecular flexibility index (Phi) is 6.11. The molecule has 0 bridgehead atoms. The number of rotatable bonds is 5. The Morgan fingerprint density at radius 3 is 2.52 bits per heavy atom. The van der Waals surface area contributed by atoms with Gasteiger partial charge in [-0.1, -0.05) is 43.2 Å². The van der Waals surface area contributed by atoms with Crippen LogP contribution in [0.1, 0.15) is 43.4 Å². The predicted octanol–water partition coefficient (Wildman–Crippen LogP) is 3.25. The van der Waals surface area contributed by atoms with Gasteiger partial charge in [-0.05, 0) is 25.3 Å². The van der Waals surface area contributed by atoms with Crippen LogP contribution in [0, 0.1) is 0 Å². The monoisotopic (exact) mass is 306 g/mol. The molecule has 5 heteroatoms. The van der Waals surface area contributed by atoms with Gasteiger partial charge in [-0.3, -0.25) is 10.1 Å². The fourth-order valence-electron chi connectivity index (χ4n) is 2.52. The molecule has 4 nitrogen and oxygen atoms in total. The number of thioether (sulfide) groups is 1. The van der Waals surface area contributed by atoms with E-state index in [1.54, 1.807) is 11.8 Å². The minimum Gasteiger partial charge on any atom is -0.338 e. The molecule has 1 aliphatic carbocycles. The molecule has 0 aliphatic heterocycles. The highest BCUT2D eigenvalue weighted by molar-refractivity contribution is 8.00. The highest BCUT2D eigenvalue weighted by Gasteiger charge is 2.28. The van der Waals surface area contributed by atoms with Gasteiger partial charge in [-0.25, -0.2) is 4.79 Å². The van der Waals surface area contributed by atoms with Gasteiger partial charge in [0.15, 0.2) is 0 Å². The van der Waals surface area contributed by atoms with E-state index in [9.17, 15) is 9.59 Å². The van der Waals surface area contributed by atoms with Crippen LogP contribution in [-0.2, 0) is 4.79 Å². The molecule has 0 radical (unpaired) electrons. The van der Waals surface area contributed by atoms with Crippen LogP contribution in [0.3, 0.4) is 0 Å². The summed E-state index contributed by atoms with van der Waals surface area (Å²) in [5, 5.41) is 5.23. The summed E-state index contributed by atoms with van der Waals surface area (Å²) in [6.45, 7) is 2.33. The van der Waals surface area contributed by atoms with Gasteiger partial charge in [0.05, 0.1) is 0 Å². The molecule has 0 heterocycles. The highest BCUT2D eigenvalue weighted by Crippen LogP contribution is 2.39. The topological polar surface area (TPSA) is 58.2 Å². The number of carbonyl (C=O) groups is 2. The van der Waals surface area contributed by atoms with E-state index in [-0.39, 0.29) is 11.2 Å². The Labute approximate surface area is 130 Å². The minimum absolute atomic E-state index is 0.232. The number of amides is 3. The molecule has 2 N–H and O–H groups in total. The quantitative estimate of drug-likeness (QED) is 0.878. The second-order valence-corrected chi connectivity index (χ2v) is 6.59. The molecule has 1 aromatic carbocycles. The number of carbonyl (C=O) groups excluding carboxylic acids is 2. The van der Waals surface area contributed by atoms with Crippen molar-refractivity contribution in [3.63, 3.8) is 0 Å². The second kappa shape index (κ2) is 8.08. The summed E-state index contributed by atoms with van der Waals surface area (Å²) >= 11 is 1.68. The lowest BCUT2D eigenvalue weighted by Gasteiger charge is -2.20. The summed E-state index contributed by atoms with van der Waals surface area (Å²) < 4.78 is 0. The largest absolute Gasteiger partial charge is 0.338 e. The van der Waals surface area contributed by atoms with Crippen molar-refractivity contribution in [2.24, 2.45) is 0 Å². The maximum Gasteiger partial charge on any atom is 0.321 e. The van der Waals surface area contributed by atoms with Crippen LogP contribution in [0.4, 0.5) is 4.79 Å². The lowest BCUT2D eigenvalue weighted by Crippen LogP contribution is -2.41. The first-order valence-electron chi connectivity index (χ1n) is 7.49. The zero-order valence-corrected chi connectivity index (χ0v) is 13.1. The van der Waals surface area contributed by atoms with Crippen LogP contribution in [-0.4, -0.2) is 23.7 Å². The Morgan fingerprint density at radius 2 is 1.90 bits per heavy atom. The van der Waals surface area contributed by atoms with Crippen LogP contribution in [0.25, 0.3) is 0 Å². The Balaban J connectivity index is 2.07. The number of hydrogen-bond acceptors (Lipinski definition) is 3. The maximum absolute atomic E-state index is 12.4. The van der Waals surface area contributed by atoms with Gasteiger partial charge >= 0.3 is 6.03 Å². The number of imide groups is 1. The molecule has 114 valence electrons. The SMILES string of the molecule is CCNC(=O)NC(=O)[C@@H](SC1CCCC1)c1ccccc1. The average molecular weight is 306 g/mol. The van der Waals surface area contributed by atoms with Crippen molar-refractivity contribution in [3.8, 4) is 0 Å². The molecule has 1 aliphatic rings. The third-order valence-corrected chi connectivity index (χ3v) is 5.16. The third kappa shape index (κ3) is 4.77. The van der Waals surface area contributed by atoms with Crippen molar-refractivity contribution in [3.05, 3.63) is 35.9 Å². The number of urea groups is 1. The van der Waals surface area contributed by atoms with Crippen LogP contribution in [0.15, 0.2) is 30.3 Å². The highest BCUT2D eigenvalue weighted by atomic mass is 32.2. The number of benzene rings is 1.